The number of hydrogen-bond donors (Lipinski definition) is 1. The molecule has 3 aromatic rings. The Hall–Kier alpha value is -3.52. The first-order valence-corrected chi connectivity index (χ1v) is 9.56. The van der Waals surface area contributed by atoms with E-state index in [-0.39, 0.29) is 17.7 Å². The average Bonchev–Trinajstić information content (AvgIpc) is 3.38. The molecule has 1 aliphatic heterocycles. The van der Waals surface area contributed by atoms with Gasteiger partial charge in [-0.15, -0.1) is 0 Å². The van der Waals surface area contributed by atoms with Crippen molar-refractivity contribution in [3.05, 3.63) is 71.4 Å². The summed E-state index contributed by atoms with van der Waals surface area (Å²) >= 11 is 0. The molecule has 4 rings (SSSR count). The number of rotatable bonds is 5. The molecule has 8 heteroatoms. The van der Waals surface area contributed by atoms with Gasteiger partial charge in [0.1, 0.15) is 11.6 Å². The van der Waals surface area contributed by atoms with E-state index in [0.29, 0.717) is 30.5 Å². The van der Waals surface area contributed by atoms with Crippen LogP contribution in [-0.4, -0.2) is 35.0 Å². The van der Waals surface area contributed by atoms with Crippen molar-refractivity contribution in [2.75, 3.05) is 18.5 Å². The Kier molecular flexibility index (Phi) is 5.58. The number of nitrogens with zero attached hydrogens (tertiary/aromatic N) is 2. The highest BCUT2D eigenvalue weighted by molar-refractivity contribution is 5.97. The van der Waals surface area contributed by atoms with Gasteiger partial charge < -0.3 is 9.73 Å². The van der Waals surface area contributed by atoms with Crippen LogP contribution in [0.3, 0.4) is 0 Å². The lowest BCUT2D eigenvalue weighted by Crippen LogP contribution is -2.26. The molecule has 2 amide bonds. The highest BCUT2D eigenvalue weighted by Gasteiger charge is 2.22. The van der Waals surface area contributed by atoms with Crippen LogP contribution in [0.2, 0.25) is 0 Å². The maximum Gasteiger partial charge on any atom is 0.277 e. The maximum atomic E-state index is 14.0. The number of aryl methyl sites for hydroxylation is 1. The fourth-order valence-electron chi connectivity index (χ4n) is 3.19. The molecule has 0 atom stereocenters. The van der Waals surface area contributed by atoms with Crippen molar-refractivity contribution in [1.29, 1.82) is 0 Å². The van der Waals surface area contributed by atoms with Gasteiger partial charge in [0.05, 0.1) is 25.3 Å². The third kappa shape index (κ3) is 4.38. The van der Waals surface area contributed by atoms with Crippen LogP contribution < -0.4 is 5.32 Å². The lowest BCUT2D eigenvalue weighted by atomic mass is 10.1. The summed E-state index contributed by atoms with van der Waals surface area (Å²) in [5, 5.41) is 3.82. The van der Waals surface area contributed by atoms with Crippen molar-refractivity contribution in [3.63, 3.8) is 0 Å². The summed E-state index contributed by atoms with van der Waals surface area (Å²) in [5.74, 6) is -0.500. The fourth-order valence-corrected chi connectivity index (χ4v) is 3.19. The van der Waals surface area contributed by atoms with Gasteiger partial charge in [-0.1, -0.05) is 18.2 Å². The van der Waals surface area contributed by atoms with Crippen LogP contribution in [0.5, 0.6) is 0 Å². The van der Waals surface area contributed by atoms with E-state index in [1.165, 1.54) is 11.1 Å². The van der Waals surface area contributed by atoms with Crippen molar-refractivity contribution in [3.8, 4) is 11.5 Å². The molecule has 1 N–H and O–H groups in total. The molecule has 0 bridgehead atoms. The molecule has 7 nitrogen and oxygen atoms in total. The second-order valence-corrected chi connectivity index (χ2v) is 6.94. The number of amides is 2. The van der Waals surface area contributed by atoms with Gasteiger partial charge in [-0.3, -0.25) is 14.4 Å². The SMILES string of the molecule is Cc1oc(-c2ccccc2)nc1CC(=O)Nc1cc(F)cc(C(=O)N2CCCO2)c1. The van der Waals surface area contributed by atoms with Crippen LogP contribution in [0.4, 0.5) is 10.1 Å². The molecule has 1 saturated heterocycles. The number of carbonyl (C=O) groups excluding carboxylic acids is 2. The summed E-state index contributed by atoms with van der Waals surface area (Å²) in [7, 11) is 0. The molecule has 30 heavy (non-hydrogen) atoms. The predicted molar refractivity (Wildman–Crippen MR) is 107 cm³/mol. The molecule has 1 aliphatic rings. The minimum absolute atomic E-state index is 0.0444. The monoisotopic (exact) mass is 409 g/mol. The first-order valence-electron chi connectivity index (χ1n) is 9.56. The van der Waals surface area contributed by atoms with E-state index in [4.69, 9.17) is 9.25 Å². The maximum absolute atomic E-state index is 14.0. The number of benzene rings is 2. The zero-order valence-electron chi connectivity index (χ0n) is 16.4. The van der Waals surface area contributed by atoms with Crippen LogP contribution >= 0.6 is 0 Å². The fraction of sp³-hybridized carbons (Fsp3) is 0.227. The Morgan fingerprint density at radius 2 is 2.00 bits per heavy atom. The largest absolute Gasteiger partial charge is 0.441 e. The zero-order chi connectivity index (χ0) is 21.1. The van der Waals surface area contributed by atoms with E-state index in [1.807, 2.05) is 30.3 Å². The predicted octanol–water partition coefficient (Wildman–Crippen LogP) is 3.75. The number of hydrogen-bond acceptors (Lipinski definition) is 5. The highest BCUT2D eigenvalue weighted by atomic mass is 19.1. The lowest BCUT2D eigenvalue weighted by Gasteiger charge is -2.14. The smallest absolute Gasteiger partial charge is 0.277 e. The lowest BCUT2D eigenvalue weighted by molar-refractivity contribution is -0.115. The molecule has 0 aliphatic carbocycles. The van der Waals surface area contributed by atoms with Crippen LogP contribution in [0.25, 0.3) is 11.5 Å². The summed E-state index contributed by atoms with van der Waals surface area (Å²) in [4.78, 5) is 34.5. The van der Waals surface area contributed by atoms with Crippen LogP contribution in [0.1, 0.15) is 28.2 Å². The molecule has 0 saturated carbocycles. The van der Waals surface area contributed by atoms with Crippen LogP contribution in [0, 0.1) is 12.7 Å². The van der Waals surface area contributed by atoms with E-state index in [0.717, 1.165) is 24.1 Å². The molecular weight excluding hydrogens is 389 g/mol. The number of hydroxylamine groups is 2. The standard InChI is InChI=1S/C22H20FN3O4/c1-14-19(25-21(30-14)15-6-3-2-4-7-15)13-20(27)24-18-11-16(10-17(23)12-18)22(28)26-8-5-9-29-26/h2-4,6-7,10-12H,5,8-9,13H2,1H3,(H,24,27). The van der Waals surface area contributed by atoms with Gasteiger partial charge in [0.25, 0.3) is 5.91 Å². The Morgan fingerprint density at radius 1 is 1.20 bits per heavy atom. The molecule has 2 aromatic carbocycles. The van der Waals surface area contributed by atoms with Gasteiger partial charge in [-0.05, 0) is 43.7 Å². The van der Waals surface area contributed by atoms with E-state index in [1.54, 1.807) is 6.92 Å². The number of anilines is 1. The van der Waals surface area contributed by atoms with Crippen molar-refractivity contribution >= 4 is 17.5 Å². The van der Waals surface area contributed by atoms with Crippen molar-refractivity contribution in [2.24, 2.45) is 0 Å². The van der Waals surface area contributed by atoms with Crippen molar-refractivity contribution in [2.45, 2.75) is 19.8 Å². The molecule has 1 fully saturated rings. The second kappa shape index (κ2) is 8.46. The minimum atomic E-state index is -0.626. The number of oxazole rings is 1. The number of halogens is 1. The first kappa shape index (κ1) is 19.8. The molecule has 0 unspecified atom stereocenters. The molecule has 2 heterocycles. The van der Waals surface area contributed by atoms with Crippen molar-refractivity contribution in [1.82, 2.24) is 10.0 Å². The Balaban J connectivity index is 1.47. The van der Waals surface area contributed by atoms with Crippen LogP contribution in [0.15, 0.2) is 52.9 Å². The summed E-state index contributed by atoms with van der Waals surface area (Å²) in [6.45, 7) is 2.63. The van der Waals surface area contributed by atoms with E-state index >= 15 is 0 Å². The summed E-state index contributed by atoms with van der Waals surface area (Å²) in [5.41, 5.74) is 1.59. The van der Waals surface area contributed by atoms with Gasteiger partial charge in [0.15, 0.2) is 0 Å². The summed E-state index contributed by atoms with van der Waals surface area (Å²) in [6, 6.07) is 13.1. The Morgan fingerprint density at radius 3 is 2.73 bits per heavy atom. The zero-order valence-corrected chi connectivity index (χ0v) is 16.4. The van der Waals surface area contributed by atoms with Gasteiger partial charge in [-0.25, -0.2) is 14.4 Å². The quantitative estimate of drug-likeness (QED) is 0.694. The Bertz CT molecular complexity index is 1080. The normalized spacial score (nSPS) is 13.5. The average molecular weight is 409 g/mol. The molecule has 154 valence electrons. The summed E-state index contributed by atoms with van der Waals surface area (Å²) in [6.07, 6.45) is 0.684. The number of aromatic nitrogens is 1. The number of nitrogens with one attached hydrogen (secondary N) is 1. The topological polar surface area (TPSA) is 84.7 Å². The number of carbonyl (C=O) groups is 2. The third-order valence-corrected chi connectivity index (χ3v) is 4.65. The highest BCUT2D eigenvalue weighted by Crippen LogP contribution is 2.22. The van der Waals surface area contributed by atoms with Gasteiger partial charge in [-0.2, -0.15) is 0 Å². The van der Waals surface area contributed by atoms with Gasteiger partial charge >= 0.3 is 0 Å². The first-order chi connectivity index (χ1) is 14.5. The molecular formula is C22H20FN3O4. The molecule has 0 radical (unpaired) electrons. The summed E-state index contributed by atoms with van der Waals surface area (Å²) < 4.78 is 19.7. The van der Waals surface area contributed by atoms with E-state index < -0.39 is 17.6 Å². The molecule has 1 aromatic heterocycles. The molecule has 0 spiro atoms. The van der Waals surface area contributed by atoms with Crippen LogP contribution in [-0.2, 0) is 16.1 Å². The second-order valence-electron chi connectivity index (χ2n) is 6.94. The Labute approximate surface area is 172 Å². The van der Waals surface area contributed by atoms with E-state index in [2.05, 4.69) is 10.3 Å². The van der Waals surface area contributed by atoms with E-state index in [9.17, 15) is 14.0 Å². The van der Waals surface area contributed by atoms with Gasteiger partial charge in [0, 0.05) is 16.8 Å². The minimum Gasteiger partial charge on any atom is -0.441 e. The third-order valence-electron chi connectivity index (χ3n) is 4.65. The van der Waals surface area contributed by atoms with Gasteiger partial charge in [0.2, 0.25) is 11.8 Å². The van der Waals surface area contributed by atoms with Crippen molar-refractivity contribution < 1.29 is 23.2 Å².